The fourth-order valence-corrected chi connectivity index (χ4v) is 3.38. The summed E-state index contributed by atoms with van der Waals surface area (Å²) < 4.78 is 5.18. The minimum Gasteiger partial charge on any atom is -0.339 e. The smallest absolute Gasteiger partial charge is 0.226 e. The van der Waals surface area contributed by atoms with Crippen molar-refractivity contribution in [1.29, 1.82) is 0 Å². The van der Waals surface area contributed by atoms with Gasteiger partial charge in [0.2, 0.25) is 5.89 Å². The number of nitrogens with one attached hydrogen (secondary N) is 1. The monoisotopic (exact) mass is 306 g/mol. The number of aromatic nitrogens is 2. The highest BCUT2D eigenvalue weighted by molar-refractivity contribution is 7.09. The largest absolute Gasteiger partial charge is 0.339 e. The van der Waals surface area contributed by atoms with Gasteiger partial charge < -0.3 is 9.84 Å². The number of piperidine rings is 1. The summed E-state index contributed by atoms with van der Waals surface area (Å²) in [4.78, 5) is 8.21. The van der Waals surface area contributed by atoms with Gasteiger partial charge in [0.25, 0.3) is 0 Å². The van der Waals surface area contributed by atoms with Gasteiger partial charge in [-0.15, -0.1) is 11.3 Å². The van der Waals surface area contributed by atoms with Gasteiger partial charge >= 0.3 is 0 Å². The molecule has 2 aromatic heterocycles. The first-order valence-electron chi connectivity index (χ1n) is 7.63. The van der Waals surface area contributed by atoms with Gasteiger partial charge in [0, 0.05) is 30.4 Å². The summed E-state index contributed by atoms with van der Waals surface area (Å²) in [6, 6.07) is 4.85. The summed E-state index contributed by atoms with van der Waals surface area (Å²) in [5.74, 6) is 1.54. The van der Waals surface area contributed by atoms with E-state index < -0.39 is 0 Å². The third-order valence-corrected chi connectivity index (χ3v) is 4.70. The molecule has 2 aromatic rings. The highest BCUT2D eigenvalue weighted by Gasteiger charge is 2.21. The number of likely N-dealkylation sites (tertiary alicyclic amines) is 1. The number of hydrogen-bond acceptors (Lipinski definition) is 6. The van der Waals surface area contributed by atoms with Crippen LogP contribution in [-0.2, 0) is 19.5 Å². The highest BCUT2D eigenvalue weighted by Crippen LogP contribution is 2.14. The molecule has 1 atom stereocenters. The topological polar surface area (TPSA) is 54.2 Å². The Bertz CT molecular complexity index is 540. The van der Waals surface area contributed by atoms with Crippen LogP contribution in [0.15, 0.2) is 22.0 Å². The molecule has 0 spiro atoms. The van der Waals surface area contributed by atoms with Gasteiger partial charge in [-0.05, 0) is 30.8 Å². The van der Waals surface area contributed by atoms with Crippen molar-refractivity contribution < 1.29 is 4.52 Å². The van der Waals surface area contributed by atoms with Crippen molar-refractivity contribution in [3.63, 3.8) is 0 Å². The summed E-state index contributed by atoms with van der Waals surface area (Å²) in [6.45, 7) is 5.97. The first-order valence-corrected chi connectivity index (χ1v) is 8.51. The van der Waals surface area contributed by atoms with E-state index >= 15 is 0 Å². The molecule has 1 N–H and O–H groups in total. The SMILES string of the molecule is CCc1nc(CN2CCC[C@@H](NCc3cccs3)C2)no1. The van der Waals surface area contributed by atoms with E-state index in [0.29, 0.717) is 6.04 Å². The van der Waals surface area contributed by atoms with Gasteiger partial charge in [0.05, 0.1) is 6.54 Å². The van der Waals surface area contributed by atoms with Crippen LogP contribution < -0.4 is 5.32 Å². The maximum atomic E-state index is 5.18. The van der Waals surface area contributed by atoms with Gasteiger partial charge in [0.15, 0.2) is 5.82 Å². The van der Waals surface area contributed by atoms with Crippen molar-refractivity contribution >= 4 is 11.3 Å². The predicted molar refractivity (Wildman–Crippen MR) is 83.1 cm³/mol. The van der Waals surface area contributed by atoms with E-state index in [0.717, 1.165) is 44.3 Å². The minimum atomic E-state index is 0.554. The Kier molecular flexibility index (Phi) is 5.00. The summed E-state index contributed by atoms with van der Waals surface area (Å²) >= 11 is 1.81. The van der Waals surface area contributed by atoms with E-state index in [4.69, 9.17) is 4.52 Å². The molecule has 5 nitrogen and oxygen atoms in total. The van der Waals surface area contributed by atoms with Crippen molar-refractivity contribution in [3.8, 4) is 0 Å². The standard InChI is InChI=1S/C15H22N4OS/c1-2-15-17-14(18-20-15)11-19-7-3-5-12(10-19)16-9-13-6-4-8-21-13/h4,6,8,12,16H,2-3,5,7,9-11H2,1H3/t12-/m1/s1. The van der Waals surface area contributed by atoms with Crippen molar-refractivity contribution in [2.45, 2.75) is 45.3 Å². The average molecular weight is 306 g/mol. The van der Waals surface area contributed by atoms with Crippen LogP contribution in [0.1, 0.15) is 36.4 Å². The third kappa shape index (κ3) is 4.12. The zero-order chi connectivity index (χ0) is 14.5. The second-order valence-corrected chi connectivity index (χ2v) is 6.52. The lowest BCUT2D eigenvalue weighted by Crippen LogP contribution is -2.45. The summed E-state index contributed by atoms with van der Waals surface area (Å²) in [5, 5.41) is 9.84. The Morgan fingerprint density at radius 1 is 1.52 bits per heavy atom. The van der Waals surface area contributed by atoms with Gasteiger partial charge in [0.1, 0.15) is 0 Å². The van der Waals surface area contributed by atoms with Crippen LogP contribution in [0, 0.1) is 0 Å². The Morgan fingerprint density at radius 2 is 2.48 bits per heavy atom. The number of aryl methyl sites for hydroxylation is 1. The van der Waals surface area contributed by atoms with Gasteiger partial charge in [-0.2, -0.15) is 4.98 Å². The molecule has 0 bridgehead atoms. The van der Waals surface area contributed by atoms with Gasteiger partial charge in [-0.1, -0.05) is 18.1 Å². The zero-order valence-electron chi connectivity index (χ0n) is 12.4. The average Bonchev–Trinajstić information content (AvgIpc) is 3.17. The zero-order valence-corrected chi connectivity index (χ0v) is 13.2. The summed E-state index contributed by atoms with van der Waals surface area (Å²) in [7, 11) is 0. The molecule has 0 saturated carbocycles. The van der Waals surface area contributed by atoms with E-state index in [1.165, 1.54) is 17.7 Å². The Morgan fingerprint density at radius 3 is 3.24 bits per heavy atom. The Labute approximate surface area is 129 Å². The number of nitrogens with zero attached hydrogens (tertiary/aromatic N) is 3. The molecule has 1 fully saturated rings. The fraction of sp³-hybridized carbons (Fsp3) is 0.600. The molecular weight excluding hydrogens is 284 g/mol. The van der Waals surface area contributed by atoms with Crippen molar-refractivity contribution in [3.05, 3.63) is 34.1 Å². The molecule has 0 aromatic carbocycles. The van der Waals surface area contributed by atoms with Crippen LogP contribution in [0.25, 0.3) is 0 Å². The molecule has 0 amide bonds. The minimum absolute atomic E-state index is 0.554. The van der Waals surface area contributed by atoms with Crippen LogP contribution in [0.5, 0.6) is 0 Å². The highest BCUT2D eigenvalue weighted by atomic mass is 32.1. The molecule has 114 valence electrons. The first-order chi connectivity index (χ1) is 10.3. The Hall–Kier alpha value is -1.24. The van der Waals surface area contributed by atoms with E-state index in [1.54, 1.807) is 0 Å². The van der Waals surface area contributed by atoms with E-state index in [-0.39, 0.29) is 0 Å². The lowest BCUT2D eigenvalue weighted by molar-refractivity contribution is 0.177. The van der Waals surface area contributed by atoms with Crippen LogP contribution in [-0.4, -0.2) is 34.2 Å². The quantitative estimate of drug-likeness (QED) is 0.888. The molecule has 0 unspecified atom stereocenters. The fourth-order valence-electron chi connectivity index (χ4n) is 2.72. The number of rotatable bonds is 6. The third-order valence-electron chi connectivity index (χ3n) is 3.83. The molecule has 1 saturated heterocycles. The van der Waals surface area contributed by atoms with Crippen molar-refractivity contribution in [2.24, 2.45) is 0 Å². The van der Waals surface area contributed by atoms with Gasteiger partial charge in [-0.3, -0.25) is 4.90 Å². The first kappa shape index (κ1) is 14.7. The molecule has 21 heavy (non-hydrogen) atoms. The van der Waals surface area contributed by atoms with E-state index in [9.17, 15) is 0 Å². The van der Waals surface area contributed by atoms with Crippen LogP contribution >= 0.6 is 11.3 Å². The number of thiophene rings is 1. The van der Waals surface area contributed by atoms with E-state index in [1.807, 2.05) is 18.3 Å². The maximum absolute atomic E-state index is 5.18. The molecule has 3 heterocycles. The van der Waals surface area contributed by atoms with Gasteiger partial charge in [-0.25, -0.2) is 0 Å². The van der Waals surface area contributed by atoms with Crippen molar-refractivity contribution in [1.82, 2.24) is 20.4 Å². The Balaban J connectivity index is 1.48. The molecule has 1 aliphatic rings. The molecule has 1 aliphatic heterocycles. The maximum Gasteiger partial charge on any atom is 0.226 e. The molecular formula is C15H22N4OS. The number of hydrogen-bond donors (Lipinski definition) is 1. The lowest BCUT2D eigenvalue weighted by atomic mass is 10.1. The summed E-state index contributed by atoms with van der Waals surface area (Å²) in [5.41, 5.74) is 0. The summed E-state index contributed by atoms with van der Waals surface area (Å²) in [6.07, 6.45) is 3.27. The lowest BCUT2D eigenvalue weighted by Gasteiger charge is -2.32. The van der Waals surface area contributed by atoms with Crippen LogP contribution in [0.2, 0.25) is 0 Å². The molecule has 0 aliphatic carbocycles. The normalized spacial score (nSPS) is 20.0. The molecule has 6 heteroatoms. The van der Waals surface area contributed by atoms with Crippen LogP contribution in [0.4, 0.5) is 0 Å². The predicted octanol–water partition coefficient (Wildman–Crippen LogP) is 2.45. The van der Waals surface area contributed by atoms with Crippen molar-refractivity contribution in [2.75, 3.05) is 13.1 Å². The second-order valence-electron chi connectivity index (χ2n) is 5.49. The van der Waals surface area contributed by atoms with E-state index in [2.05, 4.69) is 37.9 Å². The second kappa shape index (κ2) is 7.15. The van der Waals surface area contributed by atoms with Crippen LogP contribution in [0.3, 0.4) is 0 Å². The molecule has 3 rings (SSSR count). The molecule has 0 radical (unpaired) electrons.